The van der Waals surface area contributed by atoms with Crippen molar-refractivity contribution in [1.82, 2.24) is 19.7 Å². The highest BCUT2D eigenvalue weighted by Gasteiger charge is 2.17. The van der Waals surface area contributed by atoms with Crippen LogP contribution in [-0.4, -0.2) is 34.0 Å². The zero-order chi connectivity index (χ0) is 20.9. The lowest BCUT2D eigenvalue weighted by atomic mass is 10.2. The quantitative estimate of drug-likeness (QED) is 0.343. The molecule has 0 atom stereocenters. The lowest BCUT2D eigenvalue weighted by Gasteiger charge is -2.10. The maximum Gasteiger partial charge on any atom is 0.191 e. The molecule has 0 radical (unpaired) electrons. The first-order chi connectivity index (χ1) is 14.7. The van der Waals surface area contributed by atoms with Crippen molar-refractivity contribution >= 4 is 23.1 Å². The minimum Gasteiger partial charge on any atom is -0.497 e. The number of methoxy groups -OCH3 is 2. The third kappa shape index (κ3) is 4.20. The molecule has 8 heteroatoms. The third-order valence-corrected chi connectivity index (χ3v) is 6.56. The van der Waals surface area contributed by atoms with Gasteiger partial charge in [-0.15, -0.1) is 21.5 Å². The highest BCUT2D eigenvalue weighted by Crippen LogP contribution is 2.32. The fraction of sp³-hybridized carbons (Fsp3) is 0.227. The van der Waals surface area contributed by atoms with Crippen molar-refractivity contribution in [2.24, 2.45) is 0 Å². The van der Waals surface area contributed by atoms with Crippen LogP contribution in [-0.2, 0) is 12.3 Å². The van der Waals surface area contributed by atoms with Gasteiger partial charge in [0.15, 0.2) is 11.0 Å². The predicted molar refractivity (Wildman–Crippen MR) is 121 cm³/mol. The molecule has 4 aromatic rings. The topological polar surface area (TPSA) is 62.1 Å². The second-order valence-electron chi connectivity index (χ2n) is 6.41. The minimum absolute atomic E-state index is 0.733. The molecule has 0 aliphatic carbocycles. The van der Waals surface area contributed by atoms with Crippen LogP contribution in [0.25, 0.3) is 22.0 Å². The molecular weight excluding hydrogens is 416 g/mol. The maximum absolute atomic E-state index is 5.49. The molecular formula is C22H22N4O2S2. The van der Waals surface area contributed by atoms with Crippen LogP contribution in [0.5, 0.6) is 11.5 Å². The van der Waals surface area contributed by atoms with E-state index in [1.165, 1.54) is 0 Å². The monoisotopic (exact) mass is 438 g/mol. The standard InChI is InChI=1S/C22H22N4O2S2/c1-4-26-20(18-7-5-6-8-19(18)28-3)24-25-22(26)30-14-16-13-29-21(23-16)15-9-11-17(27-2)12-10-15/h5-13H,4,14H2,1-3H3. The van der Waals surface area contributed by atoms with Crippen molar-refractivity contribution in [1.29, 1.82) is 0 Å². The Kier molecular flexibility index (Phi) is 6.35. The Morgan fingerprint density at radius 1 is 1.00 bits per heavy atom. The Labute approximate surface area is 183 Å². The molecule has 0 fully saturated rings. The maximum atomic E-state index is 5.49. The molecule has 2 aromatic heterocycles. The van der Waals surface area contributed by atoms with E-state index in [1.807, 2.05) is 48.5 Å². The Morgan fingerprint density at radius 3 is 2.53 bits per heavy atom. The van der Waals surface area contributed by atoms with Gasteiger partial charge < -0.3 is 14.0 Å². The molecule has 0 N–H and O–H groups in total. The summed E-state index contributed by atoms with van der Waals surface area (Å²) in [4.78, 5) is 4.78. The van der Waals surface area contributed by atoms with Crippen molar-refractivity contribution in [3.8, 4) is 33.5 Å². The summed E-state index contributed by atoms with van der Waals surface area (Å²) in [6.07, 6.45) is 0. The van der Waals surface area contributed by atoms with Gasteiger partial charge in [0.2, 0.25) is 0 Å². The fourth-order valence-electron chi connectivity index (χ4n) is 3.09. The van der Waals surface area contributed by atoms with E-state index in [2.05, 4.69) is 27.1 Å². The molecule has 0 aliphatic rings. The number of para-hydroxylation sites is 1. The number of thioether (sulfide) groups is 1. The van der Waals surface area contributed by atoms with Gasteiger partial charge in [-0.25, -0.2) is 4.98 Å². The molecule has 154 valence electrons. The number of thiazole rings is 1. The molecule has 0 aliphatic heterocycles. The summed E-state index contributed by atoms with van der Waals surface area (Å²) in [6, 6.07) is 15.8. The summed E-state index contributed by atoms with van der Waals surface area (Å²) in [6.45, 7) is 2.87. The zero-order valence-electron chi connectivity index (χ0n) is 17.0. The molecule has 0 amide bonds. The van der Waals surface area contributed by atoms with E-state index >= 15 is 0 Å². The molecule has 30 heavy (non-hydrogen) atoms. The normalized spacial score (nSPS) is 10.9. The summed E-state index contributed by atoms with van der Waals surface area (Å²) in [5.41, 5.74) is 3.06. The average molecular weight is 439 g/mol. The van der Waals surface area contributed by atoms with Crippen molar-refractivity contribution < 1.29 is 9.47 Å². The molecule has 0 saturated carbocycles. The second kappa shape index (κ2) is 9.32. The van der Waals surface area contributed by atoms with E-state index in [9.17, 15) is 0 Å². The van der Waals surface area contributed by atoms with Crippen LogP contribution in [0.3, 0.4) is 0 Å². The molecule has 4 rings (SSSR count). The molecule has 2 aromatic carbocycles. The van der Waals surface area contributed by atoms with Gasteiger partial charge in [-0.3, -0.25) is 0 Å². The van der Waals surface area contributed by atoms with Crippen LogP contribution < -0.4 is 9.47 Å². The third-order valence-electron chi connectivity index (χ3n) is 4.62. The summed E-state index contributed by atoms with van der Waals surface area (Å²) >= 11 is 3.28. The number of rotatable bonds is 8. The van der Waals surface area contributed by atoms with Crippen LogP contribution >= 0.6 is 23.1 Å². The van der Waals surface area contributed by atoms with Crippen molar-refractivity contribution in [3.05, 3.63) is 59.6 Å². The smallest absolute Gasteiger partial charge is 0.191 e. The molecule has 6 nitrogen and oxygen atoms in total. The largest absolute Gasteiger partial charge is 0.497 e. The van der Waals surface area contributed by atoms with E-state index in [0.29, 0.717) is 0 Å². The lowest BCUT2D eigenvalue weighted by Crippen LogP contribution is -2.01. The SMILES string of the molecule is CCn1c(SCc2csc(-c3ccc(OC)cc3)n2)nnc1-c1ccccc1OC. The summed E-state index contributed by atoms with van der Waals surface area (Å²) in [5.74, 6) is 3.18. The van der Waals surface area contributed by atoms with E-state index in [4.69, 9.17) is 14.5 Å². The number of benzene rings is 2. The van der Waals surface area contributed by atoms with Gasteiger partial charge in [-0.2, -0.15) is 0 Å². The van der Waals surface area contributed by atoms with Crippen LogP contribution in [0.2, 0.25) is 0 Å². The van der Waals surface area contributed by atoms with Gasteiger partial charge >= 0.3 is 0 Å². The minimum atomic E-state index is 0.733. The molecule has 0 saturated heterocycles. The Balaban J connectivity index is 1.51. The zero-order valence-corrected chi connectivity index (χ0v) is 18.7. The van der Waals surface area contributed by atoms with Gasteiger partial charge in [0.25, 0.3) is 0 Å². The summed E-state index contributed by atoms with van der Waals surface area (Å²) in [5, 5.41) is 12.8. The molecule has 2 heterocycles. The highest BCUT2D eigenvalue weighted by molar-refractivity contribution is 7.98. The first-order valence-electron chi connectivity index (χ1n) is 9.51. The van der Waals surface area contributed by atoms with Crippen LogP contribution in [0.15, 0.2) is 59.1 Å². The van der Waals surface area contributed by atoms with Gasteiger partial charge in [0.05, 0.1) is 25.5 Å². The Bertz CT molecular complexity index is 1120. The highest BCUT2D eigenvalue weighted by atomic mass is 32.2. The molecule has 0 unspecified atom stereocenters. The van der Waals surface area contributed by atoms with Crippen molar-refractivity contribution in [2.45, 2.75) is 24.4 Å². The lowest BCUT2D eigenvalue weighted by molar-refractivity contribution is 0.415. The fourth-order valence-corrected chi connectivity index (χ4v) is 4.91. The molecule has 0 spiro atoms. The number of aromatic nitrogens is 4. The van der Waals surface area contributed by atoms with Gasteiger partial charge in [0.1, 0.15) is 16.5 Å². The van der Waals surface area contributed by atoms with Crippen LogP contribution in [0, 0.1) is 0 Å². The van der Waals surface area contributed by atoms with Crippen molar-refractivity contribution in [3.63, 3.8) is 0 Å². The van der Waals surface area contributed by atoms with Gasteiger partial charge in [-0.1, -0.05) is 23.9 Å². The second-order valence-corrected chi connectivity index (χ2v) is 8.21. The summed E-state index contributed by atoms with van der Waals surface area (Å²) in [7, 11) is 3.34. The van der Waals surface area contributed by atoms with E-state index in [-0.39, 0.29) is 0 Å². The number of ether oxygens (including phenoxy) is 2. The number of hydrogen-bond donors (Lipinski definition) is 0. The van der Waals surface area contributed by atoms with Crippen molar-refractivity contribution in [2.75, 3.05) is 14.2 Å². The van der Waals surface area contributed by atoms with Gasteiger partial charge in [-0.05, 0) is 43.3 Å². The molecule has 0 bridgehead atoms. The number of hydrogen-bond acceptors (Lipinski definition) is 7. The van der Waals surface area contributed by atoms with E-state index in [1.54, 1.807) is 37.3 Å². The predicted octanol–water partition coefficient (Wildman–Crippen LogP) is 5.40. The summed E-state index contributed by atoms with van der Waals surface area (Å²) < 4.78 is 12.8. The Morgan fingerprint density at radius 2 is 1.80 bits per heavy atom. The van der Waals surface area contributed by atoms with Gasteiger partial charge in [0, 0.05) is 23.2 Å². The Hall–Kier alpha value is -2.84. The first kappa shape index (κ1) is 20.4. The number of nitrogens with zero attached hydrogens (tertiary/aromatic N) is 4. The van der Waals surface area contributed by atoms with Crippen LogP contribution in [0.1, 0.15) is 12.6 Å². The van der Waals surface area contributed by atoms with E-state index < -0.39 is 0 Å². The average Bonchev–Trinajstić information content (AvgIpc) is 3.44. The first-order valence-corrected chi connectivity index (χ1v) is 11.4. The van der Waals surface area contributed by atoms with E-state index in [0.717, 1.165) is 56.6 Å². The van der Waals surface area contributed by atoms with Crippen LogP contribution in [0.4, 0.5) is 0 Å².